The lowest BCUT2D eigenvalue weighted by Gasteiger charge is -2.10. The van der Waals surface area contributed by atoms with Crippen LogP contribution in [0.15, 0.2) is 23.1 Å². The molecule has 2 amide bonds. The lowest BCUT2D eigenvalue weighted by Crippen LogP contribution is -2.34. The zero-order chi connectivity index (χ0) is 17.9. The first-order valence-corrected chi connectivity index (χ1v) is 7.81. The Bertz CT molecular complexity index is 758. The highest BCUT2D eigenvalue weighted by Gasteiger charge is 2.36. The second-order valence-electron chi connectivity index (χ2n) is 4.88. The second kappa shape index (κ2) is 7.26. The number of benzene rings is 1. The Kier molecular flexibility index (Phi) is 5.35. The highest BCUT2D eigenvalue weighted by Crippen LogP contribution is 2.32. The van der Waals surface area contributed by atoms with Gasteiger partial charge in [0.1, 0.15) is 6.54 Å². The van der Waals surface area contributed by atoms with Gasteiger partial charge in [0.05, 0.1) is 16.4 Å². The van der Waals surface area contributed by atoms with E-state index in [1.54, 1.807) is 26.0 Å². The quantitative estimate of drug-likeness (QED) is 0.347. The van der Waals surface area contributed by atoms with Gasteiger partial charge in [0.25, 0.3) is 16.8 Å². The predicted molar refractivity (Wildman–Crippen MR) is 87.1 cm³/mol. The molecule has 0 atom stereocenters. The summed E-state index contributed by atoms with van der Waals surface area (Å²) in [5, 5.41) is 10.4. The number of amides is 2. The number of thioether (sulfide) groups is 1. The van der Waals surface area contributed by atoms with Gasteiger partial charge < -0.3 is 4.74 Å². The average Bonchev–Trinajstić information content (AvgIpc) is 2.77. The predicted octanol–water partition coefficient (Wildman–Crippen LogP) is 2.50. The van der Waals surface area contributed by atoms with Crippen LogP contribution in [0.1, 0.15) is 18.1 Å². The molecule has 0 saturated carbocycles. The first-order valence-electron chi connectivity index (χ1n) is 6.99. The number of esters is 1. The summed E-state index contributed by atoms with van der Waals surface area (Å²) in [4.78, 5) is 46.9. The fourth-order valence-electron chi connectivity index (χ4n) is 2.04. The second-order valence-corrected chi connectivity index (χ2v) is 5.87. The molecule has 126 valence electrons. The number of imide groups is 1. The van der Waals surface area contributed by atoms with Crippen LogP contribution in [0.3, 0.4) is 0 Å². The standard InChI is InChI=1S/C15H14N2O6S/c1-3-23-13(18)8-16-14(19)12(24-15(16)20)7-10-5-4-9(2)11(6-10)17(21)22/h4-7H,3,8H2,1-2H3/b12-7-. The molecule has 8 nitrogen and oxygen atoms in total. The maximum absolute atomic E-state index is 12.2. The zero-order valence-corrected chi connectivity index (χ0v) is 13.8. The highest BCUT2D eigenvalue weighted by molar-refractivity contribution is 8.18. The van der Waals surface area contributed by atoms with E-state index < -0.39 is 28.6 Å². The number of carbonyl (C=O) groups excluding carboxylic acids is 3. The maximum Gasteiger partial charge on any atom is 0.326 e. The van der Waals surface area contributed by atoms with Crippen molar-refractivity contribution in [2.75, 3.05) is 13.2 Å². The summed E-state index contributed by atoms with van der Waals surface area (Å²) in [5.74, 6) is -1.30. The minimum atomic E-state index is -0.674. The van der Waals surface area contributed by atoms with Crippen LogP contribution in [0.2, 0.25) is 0 Å². The summed E-state index contributed by atoms with van der Waals surface area (Å²) in [5.41, 5.74) is 0.844. The molecular formula is C15H14N2O6S. The van der Waals surface area contributed by atoms with Gasteiger partial charge in [-0.25, -0.2) is 0 Å². The van der Waals surface area contributed by atoms with Crippen molar-refractivity contribution in [1.82, 2.24) is 4.90 Å². The van der Waals surface area contributed by atoms with E-state index in [0.29, 0.717) is 22.9 Å². The number of ether oxygens (including phenoxy) is 1. The monoisotopic (exact) mass is 350 g/mol. The third-order valence-corrected chi connectivity index (χ3v) is 4.10. The van der Waals surface area contributed by atoms with Crippen molar-refractivity contribution in [3.05, 3.63) is 44.3 Å². The van der Waals surface area contributed by atoms with Crippen LogP contribution in [0.25, 0.3) is 6.08 Å². The molecule has 1 saturated heterocycles. The Morgan fingerprint density at radius 3 is 2.75 bits per heavy atom. The van der Waals surface area contributed by atoms with Crippen molar-refractivity contribution in [2.24, 2.45) is 0 Å². The highest BCUT2D eigenvalue weighted by atomic mass is 32.2. The summed E-state index contributed by atoms with van der Waals surface area (Å²) in [6.07, 6.45) is 1.39. The van der Waals surface area contributed by atoms with E-state index in [2.05, 4.69) is 0 Å². The lowest BCUT2D eigenvalue weighted by atomic mass is 10.1. The Balaban J connectivity index is 2.24. The molecule has 1 aliphatic heterocycles. The van der Waals surface area contributed by atoms with Gasteiger partial charge in [0, 0.05) is 11.6 Å². The summed E-state index contributed by atoms with van der Waals surface area (Å²) < 4.78 is 4.72. The van der Waals surface area contributed by atoms with Crippen LogP contribution in [0.4, 0.5) is 10.5 Å². The van der Waals surface area contributed by atoms with Crippen LogP contribution < -0.4 is 0 Å². The van der Waals surface area contributed by atoms with E-state index in [0.717, 1.165) is 4.90 Å². The Hall–Kier alpha value is -2.68. The van der Waals surface area contributed by atoms with Crippen LogP contribution >= 0.6 is 11.8 Å². The van der Waals surface area contributed by atoms with Crippen molar-refractivity contribution < 1.29 is 24.0 Å². The lowest BCUT2D eigenvalue weighted by molar-refractivity contribution is -0.385. The summed E-state index contributed by atoms with van der Waals surface area (Å²) in [7, 11) is 0. The molecule has 24 heavy (non-hydrogen) atoms. The van der Waals surface area contributed by atoms with Crippen molar-refractivity contribution in [1.29, 1.82) is 0 Å². The first kappa shape index (κ1) is 17.7. The number of hydrogen-bond donors (Lipinski definition) is 0. The molecule has 0 radical (unpaired) electrons. The van der Waals surface area contributed by atoms with Crippen LogP contribution in [-0.4, -0.2) is 40.1 Å². The number of nitro groups is 1. The molecule has 0 bridgehead atoms. The SMILES string of the molecule is CCOC(=O)CN1C(=O)S/C(=C\c2ccc(C)c([N+](=O)[O-])c2)C1=O. The minimum Gasteiger partial charge on any atom is -0.465 e. The number of carbonyl (C=O) groups is 3. The van der Waals surface area contributed by atoms with Gasteiger partial charge in [0.15, 0.2) is 0 Å². The molecule has 1 heterocycles. The van der Waals surface area contributed by atoms with Crippen LogP contribution in [0.5, 0.6) is 0 Å². The van der Waals surface area contributed by atoms with Gasteiger partial charge in [-0.05, 0) is 37.2 Å². The molecule has 2 rings (SSSR count). The van der Waals surface area contributed by atoms with Crippen molar-refractivity contribution in [3.8, 4) is 0 Å². The Labute approximate surface area is 141 Å². The fraction of sp³-hybridized carbons (Fsp3) is 0.267. The molecule has 0 N–H and O–H groups in total. The van der Waals surface area contributed by atoms with Gasteiger partial charge in [-0.1, -0.05) is 12.1 Å². The molecule has 0 aromatic heterocycles. The molecule has 9 heteroatoms. The van der Waals surface area contributed by atoms with Crippen molar-refractivity contribution in [3.63, 3.8) is 0 Å². The number of rotatable bonds is 5. The van der Waals surface area contributed by atoms with E-state index in [1.165, 1.54) is 12.1 Å². The number of nitrogens with zero attached hydrogens (tertiary/aromatic N) is 2. The molecule has 1 aromatic carbocycles. The topological polar surface area (TPSA) is 107 Å². The van der Waals surface area contributed by atoms with Crippen molar-refractivity contribution >= 4 is 40.6 Å². The molecule has 0 spiro atoms. The van der Waals surface area contributed by atoms with Gasteiger partial charge in [-0.3, -0.25) is 29.4 Å². The van der Waals surface area contributed by atoms with Gasteiger partial charge in [-0.2, -0.15) is 0 Å². The van der Waals surface area contributed by atoms with E-state index >= 15 is 0 Å². The van der Waals surface area contributed by atoms with Crippen LogP contribution in [0, 0.1) is 17.0 Å². The van der Waals surface area contributed by atoms with Gasteiger partial charge >= 0.3 is 5.97 Å². The number of nitro benzene ring substituents is 1. The third kappa shape index (κ3) is 3.80. The largest absolute Gasteiger partial charge is 0.465 e. The van der Waals surface area contributed by atoms with E-state index in [-0.39, 0.29) is 17.2 Å². The Morgan fingerprint density at radius 1 is 1.42 bits per heavy atom. The summed E-state index contributed by atoms with van der Waals surface area (Å²) >= 11 is 0.676. The molecule has 1 fully saturated rings. The number of aryl methyl sites for hydroxylation is 1. The van der Waals surface area contributed by atoms with Gasteiger partial charge in [-0.15, -0.1) is 0 Å². The first-order chi connectivity index (χ1) is 11.3. The zero-order valence-electron chi connectivity index (χ0n) is 13.0. The maximum atomic E-state index is 12.2. The molecule has 0 unspecified atom stereocenters. The van der Waals surface area contributed by atoms with Crippen molar-refractivity contribution in [2.45, 2.75) is 13.8 Å². The van der Waals surface area contributed by atoms with E-state index in [1.807, 2.05) is 0 Å². The van der Waals surface area contributed by atoms with E-state index in [9.17, 15) is 24.5 Å². The summed E-state index contributed by atoms with van der Waals surface area (Å²) in [6, 6.07) is 4.50. The minimum absolute atomic E-state index is 0.0745. The number of hydrogen-bond acceptors (Lipinski definition) is 7. The van der Waals surface area contributed by atoms with Gasteiger partial charge in [0.2, 0.25) is 0 Å². The summed E-state index contributed by atoms with van der Waals surface area (Å²) in [6.45, 7) is 2.92. The van der Waals surface area contributed by atoms with Crippen LogP contribution in [-0.2, 0) is 14.3 Å². The van der Waals surface area contributed by atoms with E-state index in [4.69, 9.17) is 4.74 Å². The smallest absolute Gasteiger partial charge is 0.326 e. The normalized spacial score (nSPS) is 15.9. The fourth-order valence-corrected chi connectivity index (χ4v) is 2.87. The molecular weight excluding hydrogens is 336 g/mol. The molecule has 1 aliphatic rings. The third-order valence-electron chi connectivity index (χ3n) is 3.19. The molecule has 0 aliphatic carbocycles. The average molecular weight is 350 g/mol. The molecule has 1 aromatic rings. The Morgan fingerprint density at radius 2 is 2.12 bits per heavy atom.